The average molecular weight is 374 g/mol. The zero-order valence-corrected chi connectivity index (χ0v) is 15.8. The van der Waals surface area contributed by atoms with Gasteiger partial charge in [0.2, 0.25) is 0 Å². The molecular weight excluding hydrogens is 346 g/mol. The number of rotatable bonds is 3. The summed E-state index contributed by atoms with van der Waals surface area (Å²) in [5, 5.41) is 0. The minimum absolute atomic E-state index is 0.596. The van der Waals surface area contributed by atoms with Crippen molar-refractivity contribution in [1.82, 2.24) is 4.90 Å². The van der Waals surface area contributed by atoms with Crippen LogP contribution in [0.25, 0.3) is 0 Å². The van der Waals surface area contributed by atoms with Crippen molar-refractivity contribution in [3.8, 4) is 0 Å². The Morgan fingerprint density at radius 2 is 1.87 bits per heavy atom. The normalized spacial score (nSPS) is 33.0. The fourth-order valence-electron chi connectivity index (χ4n) is 5.24. The number of fused-ring (bicyclic) bond motifs is 3. The molecule has 0 N–H and O–H groups in total. The van der Waals surface area contributed by atoms with E-state index in [4.69, 9.17) is 0 Å². The Hall–Kier alpha value is -0.760. The zero-order valence-electron chi connectivity index (χ0n) is 14.2. The molecule has 124 valence electrons. The van der Waals surface area contributed by atoms with Gasteiger partial charge in [-0.1, -0.05) is 54.8 Å². The molecule has 2 aliphatic carbocycles. The maximum Gasteiger partial charge on any atom is 0.0577 e. The first kappa shape index (κ1) is 15.7. The van der Waals surface area contributed by atoms with E-state index >= 15 is 0 Å². The zero-order chi connectivity index (χ0) is 16.0. The first-order chi connectivity index (χ1) is 11.2. The summed E-state index contributed by atoms with van der Waals surface area (Å²) < 4.78 is 1.22. The summed E-state index contributed by atoms with van der Waals surface area (Å²) in [7, 11) is 0. The summed E-state index contributed by atoms with van der Waals surface area (Å²) in [6.07, 6.45) is 9.54. The number of nitrogens with zero attached hydrogens (tertiary/aromatic N) is 1. The Morgan fingerprint density at radius 3 is 2.61 bits per heavy atom. The molecule has 23 heavy (non-hydrogen) atoms. The molecule has 1 aliphatic heterocycles. The van der Waals surface area contributed by atoms with E-state index in [1.807, 2.05) is 0 Å². The highest BCUT2D eigenvalue weighted by atomic mass is 79.9. The quantitative estimate of drug-likeness (QED) is 0.618. The predicted molar refractivity (Wildman–Crippen MR) is 100 cm³/mol. The molecular formula is C21H28BrN. The van der Waals surface area contributed by atoms with Crippen molar-refractivity contribution in [2.45, 2.75) is 57.9 Å². The van der Waals surface area contributed by atoms with Gasteiger partial charge in [-0.3, -0.25) is 0 Å². The summed E-state index contributed by atoms with van der Waals surface area (Å²) in [4.78, 5) is 2.68. The molecule has 4 rings (SSSR count). The number of likely N-dealkylation sites (tertiary alicyclic amines) is 1. The lowest BCUT2D eigenvalue weighted by Gasteiger charge is -2.35. The Labute approximate surface area is 149 Å². The van der Waals surface area contributed by atoms with Gasteiger partial charge in [-0.15, -0.1) is 0 Å². The third kappa shape index (κ3) is 2.88. The molecule has 1 aromatic rings. The van der Waals surface area contributed by atoms with Crippen LogP contribution in [0, 0.1) is 17.8 Å². The van der Waals surface area contributed by atoms with Gasteiger partial charge < -0.3 is 4.90 Å². The van der Waals surface area contributed by atoms with Gasteiger partial charge in [0.15, 0.2) is 0 Å². The van der Waals surface area contributed by atoms with Crippen molar-refractivity contribution >= 4 is 15.9 Å². The van der Waals surface area contributed by atoms with E-state index in [9.17, 15) is 0 Å². The molecule has 1 heterocycles. The molecule has 1 saturated carbocycles. The standard InChI is InChI=1S/C21H28BrN/c1-3-15-4-6-16(7-5-15)13-23-14(2)10-18-11-17-8-9-19(22)12-20(17)21(18)23/h8-9,12,15-16,18,21H,2-7,10-11,13H2,1H3. The Kier molecular flexibility index (Phi) is 4.30. The van der Waals surface area contributed by atoms with Crippen LogP contribution in [0.5, 0.6) is 0 Å². The molecule has 0 spiro atoms. The number of halogens is 1. The molecule has 2 fully saturated rings. The van der Waals surface area contributed by atoms with Crippen LogP contribution >= 0.6 is 15.9 Å². The fourth-order valence-corrected chi connectivity index (χ4v) is 5.62. The summed E-state index contributed by atoms with van der Waals surface area (Å²) in [5.41, 5.74) is 4.52. The van der Waals surface area contributed by atoms with Crippen molar-refractivity contribution in [2.24, 2.45) is 17.8 Å². The van der Waals surface area contributed by atoms with Gasteiger partial charge in [0.1, 0.15) is 0 Å². The van der Waals surface area contributed by atoms with E-state index in [1.54, 1.807) is 11.1 Å². The van der Waals surface area contributed by atoms with Crippen molar-refractivity contribution in [3.05, 3.63) is 46.1 Å². The number of hydrogen-bond donors (Lipinski definition) is 0. The van der Waals surface area contributed by atoms with Crippen LogP contribution in [-0.4, -0.2) is 11.4 Å². The van der Waals surface area contributed by atoms with Crippen LogP contribution in [-0.2, 0) is 6.42 Å². The second-order valence-electron chi connectivity index (χ2n) is 7.97. The van der Waals surface area contributed by atoms with Gasteiger partial charge in [-0.25, -0.2) is 0 Å². The van der Waals surface area contributed by atoms with Crippen molar-refractivity contribution in [2.75, 3.05) is 6.54 Å². The van der Waals surface area contributed by atoms with Crippen LogP contribution in [0.4, 0.5) is 0 Å². The largest absolute Gasteiger partial charge is 0.368 e. The molecule has 1 aromatic carbocycles. The first-order valence-corrected chi connectivity index (χ1v) is 10.2. The van der Waals surface area contributed by atoms with Crippen LogP contribution < -0.4 is 0 Å². The van der Waals surface area contributed by atoms with E-state index < -0.39 is 0 Å². The van der Waals surface area contributed by atoms with E-state index in [0.717, 1.165) is 17.8 Å². The summed E-state index contributed by atoms with van der Waals surface area (Å²) in [6, 6.07) is 7.48. The highest BCUT2D eigenvalue weighted by Crippen LogP contribution is 2.51. The van der Waals surface area contributed by atoms with E-state index in [0.29, 0.717) is 6.04 Å². The van der Waals surface area contributed by atoms with Gasteiger partial charge in [-0.2, -0.15) is 0 Å². The minimum Gasteiger partial charge on any atom is -0.368 e. The Bertz CT molecular complexity index is 600. The second-order valence-corrected chi connectivity index (χ2v) is 8.89. The van der Waals surface area contributed by atoms with Crippen molar-refractivity contribution in [3.63, 3.8) is 0 Å². The van der Waals surface area contributed by atoms with Crippen LogP contribution in [0.1, 0.15) is 62.6 Å². The van der Waals surface area contributed by atoms with Crippen LogP contribution in [0.3, 0.4) is 0 Å². The maximum absolute atomic E-state index is 4.42. The third-order valence-electron chi connectivity index (χ3n) is 6.59. The van der Waals surface area contributed by atoms with Crippen LogP contribution in [0.15, 0.2) is 34.9 Å². The minimum atomic E-state index is 0.596. The Morgan fingerprint density at radius 1 is 1.13 bits per heavy atom. The lowest BCUT2D eigenvalue weighted by molar-refractivity contribution is 0.181. The van der Waals surface area contributed by atoms with Gasteiger partial charge in [-0.05, 0) is 66.7 Å². The molecule has 0 aromatic heterocycles. The molecule has 2 atom stereocenters. The van der Waals surface area contributed by atoms with Crippen molar-refractivity contribution in [1.29, 1.82) is 0 Å². The highest BCUT2D eigenvalue weighted by molar-refractivity contribution is 9.10. The summed E-state index contributed by atoms with van der Waals surface area (Å²) in [5.74, 6) is 2.63. The first-order valence-electron chi connectivity index (χ1n) is 9.38. The van der Waals surface area contributed by atoms with Gasteiger partial charge in [0, 0.05) is 16.7 Å². The molecule has 0 amide bonds. The molecule has 1 saturated heterocycles. The SMILES string of the molecule is C=C1CC2Cc3ccc(Br)cc3C2N1CC1CCC(CC)CC1. The summed E-state index contributed by atoms with van der Waals surface area (Å²) in [6.45, 7) is 8.02. The van der Waals surface area contributed by atoms with Gasteiger partial charge >= 0.3 is 0 Å². The van der Waals surface area contributed by atoms with Crippen LogP contribution in [0.2, 0.25) is 0 Å². The monoisotopic (exact) mass is 373 g/mol. The number of hydrogen-bond acceptors (Lipinski definition) is 1. The molecule has 0 radical (unpaired) electrons. The smallest absolute Gasteiger partial charge is 0.0577 e. The topological polar surface area (TPSA) is 3.24 Å². The molecule has 3 aliphatic rings. The molecule has 2 unspecified atom stereocenters. The van der Waals surface area contributed by atoms with Gasteiger partial charge in [0.05, 0.1) is 6.04 Å². The summed E-state index contributed by atoms with van der Waals surface area (Å²) >= 11 is 3.67. The lowest BCUT2D eigenvalue weighted by atomic mass is 9.80. The Balaban J connectivity index is 1.51. The predicted octanol–water partition coefficient (Wildman–Crippen LogP) is 6.10. The molecule has 2 heteroatoms. The number of allylic oxidation sites excluding steroid dienone is 1. The highest BCUT2D eigenvalue weighted by Gasteiger charge is 2.43. The molecule has 1 nitrogen and oxygen atoms in total. The van der Waals surface area contributed by atoms with Crippen molar-refractivity contribution < 1.29 is 0 Å². The lowest BCUT2D eigenvalue weighted by Crippen LogP contribution is -2.30. The van der Waals surface area contributed by atoms with E-state index in [-0.39, 0.29) is 0 Å². The number of benzene rings is 1. The van der Waals surface area contributed by atoms with E-state index in [1.165, 1.54) is 61.7 Å². The second kappa shape index (κ2) is 6.27. The van der Waals surface area contributed by atoms with E-state index in [2.05, 4.69) is 52.5 Å². The fraction of sp³-hybridized carbons (Fsp3) is 0.619. The third-order valence-corrected chi connectivity index (χ3v) is 7.09. The maximum atomic E-state index is 4.42. The average Bonchev–Trinajstić information content (AvgIpc) is 3.04. The van der Waals surface area contributed by atoms with Gasteiger partial charge in [0.25, 0.3) is 0 Å². The molecule has 0 bridgehead atoms.